The Morgan fingerprint density at radius 3 is 3.00 bits per heavy atom. The van der Waals surface area contributed by atoms with Gasteiger partial charge in [0.05, 0.1) is 21.3 Å². The lowest BCUT2D eigenvalue weighted by atomic mass is 10.5. The summed E-state index contributed by atoms with van der Waals surface area (Å²) in [5.41, 5.74) is 2.14. The van der Waals surface area contributed by atoms with Gasteiger partial charge >= 0.3 is 0 Å². The molecule has 2 nitrogen and oxygen atoms in total. The second-order valence-corrected chi connectivity index (χ2v) is 5.84. The van der Waals surface area contributed by atoms with Gasteiger partial charge in [-0.1, -0.05) is 18.8 Å². The fourth-order valence-electron chi connectivity index (χ4n) is 0.738. The Balaban J connectivity index is 2.19. The summed E-state index contributed by atoms with van der Waals surface area (Å²) in [7, 11) is -0.617. The van der Waals surface area contributed by atoms with Gasteiger partial charge in [0, 0.05) is 0 Å². The standard InChI is InChI=1S/C9H14O2Si/c1-12(2)7-6-10-8-9-4-3-5-11-9/h3-7,12H,8H2,1-2H3. The fraction of sp³-hybridized carbons (Fsp3) is 0.333. The molecule has 0 spiro atoms. The SMILES string of the molecule is C[SiH](C)C=COCc1ccco1. The molecule has 1 aromatic heterocycles. The fourth-order valence-corrected chi connectivity index (χ4v) is 1.16. The van der Waals surface area contributed by atoms with Gasteiger partial charge in [-0.3, -0.25) is 0 Å². The first-order valence-corrected chi connectivity index (χ1v) is 7.07. The molecule has 0 fully saturated rings. The third-order valence-electron chi connectivity index (χ3n) is 1.37. The molecule has 1 heterocycles. The molecule has 3 heteroatoms. The smallest absolute Gasteiger partial charge is 0.145 e. The van der Waals surface area contributed by atoms with Crippen molar-refractivity contribution in [2.45, 2.75) is 19.7 Å². The van der Waals surface area contributed by atoms with Gasteiger partial charge in [-0.2, -0.15) is 0 Å². The maximum Gasteiger partial charge on any atom is 0.145 e. The summed E-state index contributed by atoms with van der Waals surface area (Å²) < 4.78 is 10.3. The van der Waals surface area contributed by atoms with Gasteiger partial charge < -0.3 is 9.15 Å². The van der Waals surface area contributed by atoms with E-state index in [0.717, 1.165) is 5.76 Å². The first-order chi connectivity index (χ1) is 5.79. The number of hydrogen-bond acceptors (Lipinski definition) is 2. The van der Waals surface area contributed by atoms with Gasteiger partial charge in [0.1, 0.15) is 12.4 Å². The van der Waals surface area contributed by atoms with Crippen LogP contribution in [0.2, 0.25) is 13.1 Å². The minimum atomic E-state index is -0.617. The van der Waals surface area contributed by atoms with Crippen LogP contribution in [-0.4, -0.2) is 8.80 Å². The van der Waals surface area contributed by atoms with Gasteiger partial charge in [-0.25, -0.2) is 0 Å². The average molecular weight is 182 g/mol. The highest BCUT2D eigenvalue weighted by Crippen LogP contribution is 2.01. The van der Waals surface area contributed by atoms with Crippen molar-refractivity contribution in [2.24, 2.45) is 0 Å². The van der Waals surface area contributed by atoms with Gasteiger partial charge in [0.25, 0.3) is 0 Å². The molecule has 0 saturated heterocycles. The molecule has 66 valence electrons. The van der Waals surface area contributed by atoms with E-state index in [1.54, 1.807) is 12.5 Å². The number of ether oxygens (including phenoxy) is 1. The summed E-state index contributed by atoms with van der Waals surface area (Å²) in [5.74, 6) is 0.866. The van der Waals surface area contributed by atoms with E-state index >= 15 is 0 Å². The van der Waals surface area contributed by atoms with Crippen molar-refractivity contribution in [2.75, 3.05) is 0 Å². The normalized spacial score (nSPS) is 11.2. The lowest BCUT2D eigenvalue weighted by molar-refractivity contribution is 0.210. The van der Waals surface area contributed by atoms with Crippen LogP contribution in [0, 0.1) is 0 Å². The van der Waals surface area contributed by atoms with Gasteiger partial charge in [-0.05, 0) is 12.1 Å². The number of rotatable bonds is 4. The van der Waals surface area contributed by atoms with E-state index in [2.05, 4.69) is 18.8 Å². The van der Waals surface area contributed by atoms with E-state index in [1.807, 2.05) is 12.1 Å². The Kier molecular flexibility index (Phi) is 3.67. The molecular weight excluding hydrogens is 168 g/mol. The molecule has 12 heavy (non-hydrogen) atoms. The van der Waals surface area contributed by atoms with Crippen molar-refractivity contribution in [1.29, 1.82) is 0 Å². The molecular formula is C9H14O2Si. The van der Waals surface area contributed by atoms with Crippen LogP contribution in [0.1, 0.15) is 5.76 Å². The lowest BCUT2D eigenvalue weighted by Gasteiger charge is -1.96. The van der Waals surface area contributed by atoms with Crippen LogP contribution in [-0.2, 0) is 11.3 Å². The van der Waals surface area contributed by atoms with Gasteiger partial charge in [0.15, 0.2) is 0 Å². The van der Waals surface area contributed by atoms with E-state index in [4.69, 9.17) is 9.15 Å². The van der Waals surface area contributed by atoms with E-state index in [-0.39, 0.29) is 0 Å². The molecule has 1 aromatic rings. The zero-order valence-corrected chi connectivity index (χ0v) is 8.64. The van der Waals surface area contributed by atoms with Crippen molar-refractivity contribution in [3.8, 4) is 0 Å². The van der Waals surface area contributed by atoms with Crippen molar-refractivity contribution in [3.05, 3.63) is 36.1 Å². The average Bonchev–Trinajstić information content (AvgIpc) is 2.49. The minimum absolute atomic E-state index is 0.532. The topological polar surface area (TPSA) is 22.4 Å². The largest absolute Gasteiger partial charge is 0.494 e. The highest BCUT2D eigenvalue weighted by Gasteiger charge is 1.92. The van der Waals surface area contributed by atoms with Gasteiger partial charge in [-0.15, -0.1) is 0 Å². The molecule has 0 saturated carbocycles. The second kappa shape index (κ2) is 4.82. The van der Waals surface area contributed by atoms with E-state index in [0.29, 0.717) is 6.61 Å². The Hall–Kier alpha value is -0.963. The predicted molar refractivity (Wildman–Crippen MR) is 51.5 cm³/mol. The molecule has 0 aliphatic heterocycles. The number of furan rings is 1. The van der Waals surface area contributed by atoms with Crippen molar-refractivity contribution in [3.63, 3.8) is 0 Å². The van der Waals surface area contributed by atoms with E-state index < -0.39 is 8.80 Å². The van der Waals surface area contributed by atoms with Crippen molar-refractivity contribution >= 4 is 8.80 Å². The van der Waals surface area contributed by atoms with Crippen LogP contribution < -0.4 is 0 Å². The van der Waals surface area contributed by atoms with Crippen LogP contribution in [0.4, 0.5) is 0 Å². The van der Waals surface area contributed by atoms with Crippen molar-refractivity contribution < 1.29 is 9.15 Å². The third-order valence-corrected chi connectivity index (χ3v) is 2.29. The molecule has 0 bridgehead atoms. The Labute approximate surface area is 74.5 Å². The molecule has 0 amide bonds. The van der Waals surface area contributed by atoms with Crippen molar-refractivity contribution in [1.82, 2.24) is 0 Å². The third kappa shape index (κ3) is 3.43. The Bertz CT molecular complexity index is 227. The summed E-state index contributed by atoms with van der Waals surface area (Å²) in [6.07, 6.45) is 3.43. The Morgan fingerprint density at radius 1 is 1.58 bits per heavy atom. The first kappa shape index (κ1) is 9.13. The highest BCUT2D eigenvalue weighted by atomic mass is 28.3. The summed E-state index contributed by atoms with van der Waals surface area (Å²) in [6.45, 7) is 5.02. The summed E-state index contributed by atoms with van der Waals surface area (Å²) >= 11 is 0. The minimum Gasteiger partial charge on any atom is -0.494 e. The maximum absolute atomic E-state index is 5.25. The summed E-state index contributed by atoms with van der Waals surface area (Å²) in [4.78, 5) is 0. The van der Waals surface area contributed by atoms with Crippen LogP contribution in [0.25, 0.3) is 0 Å². The van der Waals surface area contributed by atoms with E-state index in [1.165, 1.54) is 0 Å². The second-order valence-electron chi connectivity index (χ2n) is 2.96. The lowest BCUT2D eigenvalue weighted by Crippen LogP contribution is -1.93. The highest BCUT2D eigenvalue weighted by molar-refractivity contribution is 6.61. The molecule has 0 unspecified atom stereocenters. The Morgan fingerprint density at radius 2 is 2.42 bits per heavy atom. The molecule has 0 aromatic carbocycles. The van der Waals surface area contributed by atoms with E-state index in [9.17, 15) is 0 Å². The molecule has 0 radical (unpaired) electrons. The first-order valence-electron chi connectivity index (χ1n) is 4.09. The van der Waals surface area contributed by atoms with Crippen LogP contribution in [0.15, 0.2) is 34.8 Å². The molecule has 0 N–H and O–H groups in total. The van der Waals surface area contributed by atoms with Gasteiger partial charge in [0.2, 0.25) is 0 Å². The summed E-state index contributed by atoms with van der Waals surface area (Å²) in [5, 5.41) is 0. The van der Waals surface area contributed by atoms with Crippen LogP contribution >= 0.6 is 0 Å². The molecule has 1 rings (SSSR count). The zero-order valence-electron chi connectivity index (χ0n) is 7.49. The summed E-state index contributed by atoms with van der Waals surface area (Å²) in [6, 6.07) is 3.76. The predicted octanol–water partition coefficient (Wildman–Crippen LogP) is 2.34. The maximum atomic E-state index is 5.25. The monoisotopic (exact) mass is 182 g/mol. The molecule has 0 aliphatic rings. The van der Waals surface area contributed by atoms with Crippen LogP contribution in [0.3, 0.4) is 0 Å². The quantitative estimate of drug-likeness (QED) is 0.527. The number of hydrogen-bond donors (Lipinski definition) is 0. The van der Waals surface area contributed by atoms with Crippen LogP contribution in [0.5, 0.6) is 0 Å². The molecule has 0 aliphatic carbocycles. The molecule has 0 atom stereocenters. The zero-order chi connectivity index (χ0) is 8.81.